The molecule has 0 atom stereocenters. The molecule has 0 radical (unpaired) electrons. The van der Waals surface area contributed by atoms with Gasteiger partial charge in [-0.3, -0.25) is 9.36 Å². The highest BCUT2D eigenvalue weighted by Gasteiger charge is 2.40. The van der Waals surface area contributed by atoms with Crippen LogP contribution in [0.5, 0.6) is 0 Å². The molecule has 4 rings (SSSR count). The van der Waals surface area contributed by atoms with Gasteiger partial charge in [0, 0.05) is 16.2 Å². The van der Waals surface area contributed by atoms with E-state index in [1.807, 2.05) is 22.6 Å². The fourth-order valence-corrected chi connectivity index (χ4v) is 5.39. The van der Waals surface area contributed by atoms with Gasteiger partial charge in [0.2, 0.25) is 10.0 Å². The van der Waals surface area contributed by atoms with E-state index in [4.69, 9.17) is 0 Å². The highest BCUT2D eigenvalue weighted by atomic mass is 127. The minimum absolute atomic E-state index is 0.0416. The van der Waals surface area contributed by atoms with Crippen molar-refractivity contribution in [2.75, 3.05) is 0 Å². The van der Waals surface area contributed by atoms with E-state index in [2.05, 4.69) is 0 Å². The van der Waals surface area contributed by atoms with Crippen LogP contribution in [-0.2, 0) is 17.1 Å². The van der Waals surface area contributed by atoms with Gasteiger partial charge in [-0.2, -0.15) is 3.97 Å². The minimum atomic E-state index is -3.93. The molecule has 1 saturated carbocycles. The van der Waals surface area contributed by atoms with Crippen LogP contribution in [0, 0.1) is 16.3 Å². The molecule has 1 aromatic carbocycles. The average molecular weight is 503 g/mol. The molecule has 3 aromatic rings. The van der Waals surface area contributed by atoms with E-state index in [0.717, 1.165) is 4.57 Å². The first-order valence-corrected chi connectivity index (χ1v) is 10.8. The van der Waals surface area contributed by atoms with Crippen molar-refractivity contribution in [3.8, 4) is 5.69 Å². The van der Waals surface area contributed by atoms with Gasteiger partial charge in [0.05, 0.1) is 10.9 Å². The fourth-order valence-electron chi connectivity index (χ4n) is 3.20. The topological polar surface area (TPSA) is 83.1 Å². The van der Waals surface area contributed by atoms with Crippen molar-refractivity contribution in [3.63, 3.8) is 0 Å². The van der Waals surface area contributed by atoms with E-state index in [1.165, 1.54) is 29.8 Å². The van der Waals surface area contributed by atoms with Crippen molar-refractivity contribution in [2.45, 2.75) is 25.0 Å². The number of pyridine rings is 1. The van der Waals surface area contributed by atoms with Crippen LogP contribution in [0.25, 0.3) is 16.9 Å². The van der Waals surface area contributed by atoms with Crippen LogP contribution in [0.4, 0.5) is 4.39 Å². The Kier molecular flexibility index (Phi) is 4.11. The summed E-state index contributed by atoms with van der Waals surface area (Å²) < 4.78 is 43.9. The van der Waals surface area contributed by atoms with Gasteiger partial charge >= 0.3 is 5.69 Å². The molecule has 0 bridgehead atoms. The number of hydrogen-bond acceptors (Lipinski definition) is 4. The molecule has 1 aliphatic rings. The van der Waals surface area contributed by atoms with Gasteiger partial charge in [-0.05, 0) is 66.6 Å². The number of halogens is 2. The Bertz CT molecular complexity index is 1330. The number of hydrogen-bond donors (Lipinski definition) is 0. The van der Waals surface area contributed by atoms with Crippen molar-refractivity contribution in [1.82, 2.24) is 13.1 Å². The molecule has 10 heteroatoms. The lowest BCUT2D eigenvalue weighted by atomic mass is 10.2. The molecule has 0 unspecified atom stereocenters. The van der Waals surface area contributed by atoms with Crippen LogP contribution in [0.2, 0.25) is 0 Å². The lowest BCUT2D eigenvalue weighted by Crippen LogP contribution is -2.31. The molecular formula is C17H15FIN3O4S. The number of rotatable bonds is 3. The Balaban J connectivity index is 2.23. The maximum Gasteiger partial charge on any atom is 0.348 e. The van der Waals surface area contributed by atoms with E-state index in [9.17, 15) is 22.4 Å². The predicted molar refractivity (Wildman–Crippen MR) is 108 cm³/mol. The van der Waals surface area contributed by atoms with Gasteiger partial charge in [-0.1, -0.05) is 0 Å². The lowest BCUT2D eigenvalue weighted by Gasteiger charge is -2.08. The standard InChI is InChI=1S/C17H15FIN3O4S/c1-9-7-14-15(20(2)16(9)23)21(13-6-3-10(19)8-12(13)18)17(24)22(14)27(25,26)11-4-5-11/h3,6-8,11H,4-5H2,1-2H3. The molecule has 7 nitrogen and oxygen atoms in total. The molecule has 2 heterocycles. The summed E-state index contributed by atoms with van der Waals surface area (Å²) in [6, 6.07) is 5.62. The first-order chi connectivity index (χ1) is 12.6. The van der Waals surface area contributed by atoms with Crippen molar-refractivity contribution >= 4 is 43.8 Å². The highest BCUT2D eigenvalue weighted by Crippen LogP contribution is 2.31. The summed E-state index contributed by atoms with van der Waals surface area (Å²) in [6.07, 6.45) is 0.953. The number of aryl methyl sites for hydroxylation is 2. The molecule has 0 aliphatic heterocycles. The van der Waals surface area contributed by atoms with E-state index >= 15 is 0 Å². The predicted octanol–water partition coefficient (Wildman–Crippen LogP) is 1.88. The maximum atomic E-state index is 14.6. The summed E-state index contributed by atoms with van der Waals surface area (Å²) in [7, 11) is -2.50. The Labute approximate surface area is 167 Å². The first-order valence-electron chi connectivity index (χ1n) is 8.18. The summed E-state index contributed by atoms with van der Waals surface area (Å²) in [5, 5.41) is -0.631. The van der Waals surface area contributed by atoms with Crippen molar-refractivity contribution in [1.29, 1.82) is 0 Å². The maximum absolute atomic E-state index is 14.6. The highest BCUT2D eigenvalue weighted by molar-refractivity contribution is 14.1. The van der Waals surface area contributed by atoms with Gasteiger partial charge in [0.25, 0.3) is 5.56 Å². The SMILES string of the molecule is Cc1cc2c(n(C)c1=O)n(-c1ccc(I)cc1F)c(=O)n2S(=O)(=O)C1CC1. The molecule has 0 spiro atoms. The van der Waals surface area contributed by atoms with Crippen LogP contribution < -0.4 is 11.2 Å². The Morgan fingerprint density at radius 3 is 2.44 bits per heavy atom. The second kappa shape index (κ2) is 6.03. The summed E-state index contributed by atoms with van der Waals surface area (Å²) in [6.45, 7) is 1.54. The van der Waals surface area contributed by atoms with Gasteiger partial charge in [0.15, 0.2) is 0 Å². The Hall–Kier alpha value is -1.95. The molecule has 2 aromatic heterocycles. The van der Waals surface area contributed by atoms with E-state index in [1.54, 1.807) is 13.0 Å². The van der Waals surface area contributed by atoms with Crippen LogP contribution >= 0.6 is 22.6 Å². The van der Waals surface area contributed by atoms with E-state index < -0.39 is 26.8 Å². The smallest absolute Gasteiger partial charge is 0.295 e. The summed E-state index contributed by atoms with van der Waals surface area (Å²) >= 11 is 1.94. The largest absolute Gasteiger partial charge is 0.348 e. The third kappa shape index (κ3) is 2.68. The zero-order chi connectivity index (χ0) is 19.7. The summed E-state index contributed by atoms with van der Waals surface area (Å²) in [5.41, 5.74) is -0.982. The van der Waals surface area contributed by atoms with Crippen LogP contribution in [0.1, 0.15) is 18.4 Å². The first kappa shape index (κ1) is 18.4. The summed E-state index contributed by atoms with van der Waals surface area (Å²) in [5.74, 6) is -0.681. The molecular weight excluding hydrogens is 488 g/mol. The molecule has 0 amide bonds. The van der Waals surface area contributed by atoms with Crippen LogP contribution in [0.3, 0.4) is 0 Å². The number of benzene rings is 1. The van der Waals surface area contributed by atoms with Gasteiger partial charge in [0.1, 0.15) is 17.0 Å². The lowest BCUT2D eigenvalue weighted by molar-refractivity contribution is 0.584. The Morgan fingerprint density at radius 2 is 1.85 bits per heavy atom. The van der Waals surface area contributed by atoms with Crippen molar-refractivity contribution < 1.29 is 12.8 Å². The van der Waals surface area contributed by atoms with E-state index in [0.29, 0.717) is 25.9 Å². The third-order valence-electron chi connectivity index (χ3n) is 4.69. The second-order valence-corrected chi connectivity index (χ2v) is 9.93. The van der Waals surface area contributed by atoms with Crippen molar-refractivity contribution in [3.05, 3.63) is 60.1 Å². The molecule has 0 N–H and O–H groups in total. The zero-order valence-corrected chi connectivity index (χ0v) is 17.4. The molecule has 27 heavy (non-hydrogen) atoms. The summed E-state index contributed by atoms with van der Waals surface area (Å²) in [4.78, 5) is 25.6. The average Bonchev–Trinajstić information content (AvgIpc) is 3.39. The third-order valence-corrected chi connectivity index (χ3v) is 7.54. The number of aromatic nitrogens is 3. The van der Waals surface area contributed by atoms with Gasteiger partial charge in [-0.25, -0.2) is 22.2 Å². The number of nitrogens with zero attached hydrogens (tertiary/aromatic N) is 3. The normalized spacial score (nSPS) is 14.8. The molecule has 142 valence electrons. The molecule has 1 fully saturated rings. The number of imidazole rings is 1. The molecule has 0 saturated heterocycles. The Morgan fingerprint density at radius 1 is 1.19 bits per heavy atom. The second-order valence-electron chi connectivity index (χ2n) is 6.62. The fraction of sp³-hybridized carbons (Fsp3) is 0.294. The number of fused-ring (bicyclic) bond motifs is 1. The van der Waals surface area contributed by atoms with Crippen LogP contribution in [-0.4, -0.2) is 26.8 Å². The van der Waals surface area contributed by atoms with Gasteiger partial charge < -0.3 is 0 Å². The monoisotopic (exact) mass is 503 g/mol. The van der Waals surface area contributed by atoms with Crippen LogP contribution in [0.15, 0.2) is 33.9 Å². The van der Waals surface area contributed by atoms with Crippen molar-refractivity contribution in [2.24, 2.45) is 7.05 Å². The zero-order valence-electron chi connectivity index (χ0n) is 14.4. The van der Waals surface area contributed by atoms with Gasteiger partial charge in [-0.15, -0.1) is 0 Å². The molecule has 1 aliphatic carbocycles. The van der Waals surface area contributed by atoms with E-state index in [-0.39, 0.29) is 22.4 Å². The quantitative estimate of drug-likeness (QED) is 0.512. The minimum Gasteiger partial charge on any atom is -0.295 e.